The number of hydrogen-bond acceptors (Lipinski definition) is 3. The summed E-state index contributed by atoms with van der Waals surface area (Å²) in [5.41, 5.74) is 3.67. The summed E-state index contributed by atoms with van der Waals surface area (Å²) in [5.74, 6) is 2.12. The van der Waals surface area contributed by atoms with Crippen LogP contribution in [0.25, 0.3) is 22.4 Å². The number of halogens is 2. The van der Waals surface area contributed by atoms with Gasteiger partial charge in [0.15, 0.2) is 11.5 Å². The van der Waals surface area contributed by atoms with Gasteiger partial charge in [-0.05, 0) is 42.5 Å². The molecule has 0 amide bonds. The fraction of sp³-hybridized carbons (Fsp3) is 0.136. The normalized spacial score (nSPS) is 11.0. The highest BCUT2D eigenvalue weighted by atomic mass is 35.5. The van der Waals surface area contributed by atoms with Crippen molar-refractivity contribution < 1.29 is 9.47 Å². The summed E-state index contributed by atoms with van der Waals surface area (Å²) in [5, 5.41) is 1.26. The van der Waals surface area contributed by atoms with E-state index in [0.29, 0.717) is 28.1 Å². The minimum atomic E-state index is 0.503. The summed E-state index contributed by atoms with van der Waals surface area (Å²) in [6, 6.07) is 19.3. The maximum Gasteiger partial charge on any atom is 0.161 e. The number of imidazole rings is 1. The quantitative estimate of drug-likeness (QED) is 0.398. The van der Waals surface area contributed by atoms with Gasteiger partial charge in [-0.15, -0.1) is 0 Å². The molecule has 0 saturated heterocycles. The lowest BCUT2D eigenvalue weighted by molar-refractivity contribution is 0.355. The molecule has 4 aromatic rings. The second kappa shape index (κ2) is 7.74. The molecule has 0 aliphatic carbocycles. The van der Waals surface area contributed by atoms with Gasteiger partial charge in [0.1, 0.15) is 5.82 Å². The molecule has 0 atom stereocenters. The van der Waals surface area contributed by atoms with Gasteiger partial charge in [-0.3, -0.25) is 0 Å². The smallest absolute Gasteiger partial charge is 0.161 e. The first kappa shape index (κ1) is 18.7. The van der Waals surface area contributed by atoms with Crippen molar-refractivity contribution in [2.45, 2.75) is 6.54 Å². The van der Waals surface area contributed by atoms with E-state index in [9.17, 15) is 0 Å². The van der Waals surface area contributed by atoms with Crippen LogP contribution in [-0.4, -0.2) is 23.8 Å². The lowest BCUT2D eigenvalue weighted by atomic mass is 10.1. The van der Waals surface area contributed by atoms with Crippen LogP contribution in [0.2, 0.25) is 10.0 Å². The highest BCUT2D eigenvalue weighted by Crippen LogP contribution is 2.35. The number of rotatable bonds is 5. The van der Waals surface area contributed by atoms with Crippen LogP contribution in [0.15, 0.2) is 60.7 Å². The average molecular weight is 413 g/mol. The lowest BCUT2D eigenvalue weighted by Gasteiger charge is -2.14. The van der Waals surface area contributed by atoms with Crippen LogP contribution in [0.1, 0.15) is 5.56 Å². The summed E-state index contributed by atoms with van der Waals surface area (Å²) in [6.07, 6.45) is 0. The highest BCUT2D eigenvalue weighted by Gasteiger charge is 2.17. The first-order valence-electron chi connectivity index (χ1n) is 8.73. The minimum absolute atomic E-state index is 0.503. The van der Waals surface area contributed by atoms with E-state index in [2.05, 4.69) is 4.57 Å². The Labute approximate surface area is 173 Å². The van der Waals surface area contributed by atoms with E-state index in [1.54, 1.807) is 14.2 Å². The number of ether oxygens (including phenoxy) is 2. The van der Waals surface area contributed by atoms with Crippen molar-refractivity contribution in [3.8, 4) is 22.9 Å². The van der Waals surface area contributed by atoms with Gasteiger partial charge in [0, 0.05) is 21.2 Å². The molecule has 1 aromatic heterocycles. The molecule has 0 N–H and O–H groups in total. The Morgan fingerprint density at radius 1 is 0.857 bits per heavy atom. The monoisotopic (exact) mass is 412 g/mol. The van der Waals surface area contributed by atoms with Crippen LogP contribution in [0, 0.1) is 0 Å². The number of aromatic nitrogens is 2. The van der Waals surface area contributed by atoms with E-state index in [1.807, 2.05) is 60.7 Å². The maximum absolute atomic E-state index is 6.43. The van der Waals surface area contributed by atoms with E-state index in [0.717, 1.165) is 28.0 Å². The van der Waals surface area contributed by atoms with Crippen LogP contribution >= 0.6 is 23.2 Å². The molecule has 0 spiro atoms. The van der Waals surface area contributed by atoms with Crippen LogP contribution in [0.5, 0.6) is 11.5 Å². The Morgan fingerprint density at radius 3 is 2.29 bits per heavy atom. The van der Waals surface area contributed by atoms with Gasteiger partial charge in [-0.1, -0.05) is 41.4 Å². The zero-order chi connectivity index (χ0) is 19.7. The summed E-state index contributed by atoms with van der Waals surface area (Å²) >= 11 is 12.9. The fourth-order valence-corrected chi connectivity index (χ4v) is 3.79. The van der Waals surface area contributed by atoms with Crippen molar-refractivity contribution in [3.05, 3.63) is 76.3 Å². The van der Waals surface area contributed by atoms with E-state index >= 15 is 0 Å². The molecule has 0 bridgehead atoms. The van der Waals surface area contributed by atoms with E-state index in [1.165, 1.54) is 0 Å². The van der Waals surface area contributed by atoms with Crippen LogP contribution in [0.3, 0.4) is 0 Å². The minimum Gasteiger partial charge on any atom is -0.493 e. The third kappa shape index (κ3) is 3.30. The molecular formula is C22H18Cl2N2O2. The van der Waals surface area contributed by atoms with Gasteiger partial charge in [-0.25, -0.2) is 4.98 Å². The van der Waals surface area contributed by atoms with E-state index in [-0.39, 0.29) is 0 Å². The lowest BCUT2D eigenvalue weighted by Crippen LogP contribution is -2.04. The fourth-order valence-electron chi connectivity index (χ4n) is 3.27. The molecule has 0 unspecified atom stereocenters. The average Bonchev–Trinajstić information content (AvgIpc) is 3.08. The molecule has 0 fully saturated rings. The summed E-state index contributed by atoms with van der Waals surface area (Å²) in [4.78, 5) is 4.85. The van der Waals surface area contributed by atoms with Crippen LogP contribution < -0.4 is 9.47 Å². The summed E-state index contributed by atoms with van der Waals surface area (Å²) in [6.45, 7) is 0.503. The van der Waals surface area contributed by atoms with E-state index in [4.69, 9.17) is 37.7 Å². The van der Waals surface area contributed by atoms with Gasteiger partial charge < -0.3 is 14.0 Å². The van der Waals surface area contributed by atoms with Crippen molar-refractivity contribution >= 4 is 34.2 Å². The number of nitrogens with zero attached hydrogens (tertiary/aromatic N) is 2. The number of benzene rings is 3. The molecular weight excluding hydrogens is 395 g/mol. The third-order valence-corrected chi connectivity index (χ3v) is 5.38. The molecule has 142 valence electrons. The van der Waals surface area contributed by atoms with Gasteiger partial charge in [0.05, 0.1) is 31.8 Å². The number of para-hydroxylation sites is 2. The standard InChI is InChI=1S/C22H18Cl2N2O2/c1-27-20-11-10-14(12-21(20)28-2)22-25-18-8-3-4-9-19(18)26(22)13-15-16(23)6-5-7-17(15)24/h3-12H,13H2,1-2H3. The maximum atomic E-state index is 6.43. The van der Waals surface area contributed by atoms with Gasteiger partial charge in [-0.2, -0.15) is 0 Å². The Morgan fingerprint density at radius 2 is 1.57 bits per heavy atom. The molecule has 0 saturated carbocycles. The Kier molecular flexibility index (Phi) is 5.16. The molecule has 0 aliphatic heterocycles. The first-order chi connectivity index (χ1) is 13.6. The largest absolute Gasteiger partial charge is 0.493 e. The Hall–Kier alpha value is -2.69. The van der Waals surface area contributed by atoms with Gasteiger partial charge in [0.2, 0.25) is 0 Å². The number of hydrogen-bond donors (Lipinski definition) is 0. The van der Waals surface area contributed by atoms with Gasteiger partial charge >= 0.3 is 0 Å². The summed E-state index contributed by atoms with van der Waals surface area (Å²) < 4.78 is 12.9. The SMILES string of the molecule is COc1ccc(-c2nc3ccccc3n2Cc2c(Cl)cccc2Cl)cc1OC. The van der Waals surface area contributed by atoms with Crippen molar-refractivity contribution in [1.82, 2.24) is 9.55 Å². The van der Waals surface area contributed by atoms with Crippen molar-refractivity contribution in [2.75, 3.05) is 14.2 Å². The van der Waals surface area contributed by atoms with Crippen molar-refractivity contribution in [1.29, 1.82) is 0 Å². The first-order valence-corrected chi connectivity index (χ1v) is 9.48. The molecule has 0 radical (unpaired) electrons. The topological polar surface area (TPSA) is 36.3 Å². The zero-order valence-electron chi connectivity index (χ0n) is 15.4. The Bertz CT molecular complexity index is 1130. The molecule has 1 heterocycles. The highest BCUT2D eigenvalue weighted by molar-refractivity contribution is 6.36. The van der Waals surface area contributed by atoms with Crippen LogP contribution in [0.4, 0.5) is 0 Å². The second-order valence-electron chi connectivity index (χ2n) is 6.28. The number of methoxy groups -OCH3 is 2. The molecule has 4 nitrogen and oxygen atoms in total. The predicted octanol–water partition coefficient (Wildman–Crippen LogP) is 6.08. The van der Waals surface area contributed by atoms with Crippen molar-refractivity contribution in [3.63, 3.8) is 0 Å². The molecule has 0 aliphatic rings. The Balaban J connectivity index is 1.91. The predicted molar refractivity (Wildman–Crippen MR) is 114 cm³/mol. The molecule has 3 aromatic carbocycles. The van der Waals surface area contributed by atoms with Crippen LogP contribution in [-0.2, 0) is 6.54 Å². The summed E-state index contributed by atoms with van der Waals surface area (Å²) in [7, 11) is 3.24. The van der Waals surface area contributed by atoms with Gasteiger partial charge in [0.25, 0.3) is 0 Å². The molecule has 6 heteroatoms. The molecule has 4 rings (SSSR count). The van der Waals surface area contributed by atoms with Crippen molar-refractivity contribution in [2.24, 2.45) is 0 Å². The zero-order valence-corrected chi connectivity index (χ0v) is 17.0. The molecule has 28 heavy (non-hydrogen) atoms. The number of fused-ring (bicyclic) bond motifs is 1. The van der Waals surface area contributed by atoms with E-state index < -0.39 is 0 Å². The third-order valence-electron chi connectivity index (χ3n) is 4.67. The second-order valence-corrected chi connectivity index (χ2v) is 7.09.